The highest BCUT2D eigenvalue weighted by atomic mass is 32.1. The maximum absolute atomic E-state index is 13.1. The molecule has 0 aliphatic rings. The SMILES string of the molecule is COCCN(N=Cc1ccc(-c2ccccc2C(F)(F)F)o1)C(N)=S. The Hall–Kier alpha value is -2.39. The van der Waals surface area contributed by atoms with Gasteiger partial charge in [-0.25, -0.2) is 5.01 Å². The lowest BCUT2D eigenvalue weighted by molar-refractivity contribution is -0.137. The van der Waals surface area contributed by atoms with Crippen molar-refractivity contribution >= 4 is 23.5 Å². The van der Waals surface area contributed by atoms with Gasteiger partial charge in [-0.1, -0.05) is 18.2 Å². The molecular weight excluding hydrogens is 355 g/mol. The first-order chi connectivity index (χ1) is 11.8. The second kappa shape index (κ2) is 8.13. The normalized spacial score (nSPS) is 11.8. The van der Waals surface area contributed by atoms with Crippen LogP contribution in [-0.4, -0.2) is 36.6 Å². The van der Waals surface area contributed by atoms with Crippen molar-refractivity contribution in [2.45, 2.75) is 6.18 Å². The number of nitrogens with two attached hydrogens (primary N) is 1. The summed E-state index contributed by atoms with van der Waals surface area (Å²) in [5.74, 6) is 0.360. The Kier molecular flexibility index (Phi) is 6.16. The number of alkyl halides is 3. The molecule has 2 N–H and O–H groups in total. The number of hydrogen-bond acceptors (Lipinski definition) is 4. The van der Waals surface area contributed by atoms with Crippen molar-refractivity contribution in [2.24, 2.45) is 10.8 Å². The van der Waals surface area contributed by atoms with Crippen molar-refractivity contribution < 1.29 is 22.3 Å². The molecule has 0 fully saturated rings. The predicted molar refractivity (Wildman–Crippen MR) is 92.1 cm³/mol. The molecule has 0 aliphatic heterocycles. The molecule has 1 aromatic heterocycles. The molecule has 0 spiro atoms. The number of nitrogens with zero attached hydrogens (tertiary/aromatic N) is 2. The fourth-order valence-corrected chi connectivity index (χ4v) is 2.18. The van der Waals surface area contributed by atoms with Crippen LogP contribution >= 0.6 is 12.2 Å². The molecule has 2 rings (SSSR count). The lowest BCUT2D eigenvalue weighted by Gasteiger charge is -2.15. The fourth-order valence-electron chi connectivity index (χ4n) is 2.04. The van der Waals surface area contributed by atoms with E-state index in [2.05, 4.69) is 5.10 Å². The molecule has 0 atom stereocenters. The van der Waals surface area contributed by atoms with E-state index in [9.17, 15) is 13.2 Å². The highest BCUT2D eigenvalue weighted by molar-refractivity contribution is 7.80. The molecule has 134 valence electrons. The molecular formula is C16H16F3N3O2S. The van der Waals surface area contributed by atoms with E-state index >= 15 is 0 Å². The summed E-state index contributed by atoms with van der Waals surface area (Å²) in [5, 5.41) is 5.42. The summed E-state index contributed by atoms with van der Waals surface area (Å²) in [6.07, 6.45) is -3.14. The van der Waals surface area contributed by atoms with Gasteiger partial charge in [0.2, 0.25) is 0 Å². The zero-order valence-electron chi connectivity index (χ0n) is 13.3. The molecule has 1 aromatic carbocycles. The smallest absolute Gasteiger partial charge is 0.417 e. The van der Waals surface area contributed by atoms with Gasteiger partial charge in [-0.15, -0.1) is 0 Å². The number of methoxy groups -OCH3 is 1. The summed E-state index contributed by atoms with van der Waals surface area (Å²) in [5.41, 5.74) is 4.73. The van der Waals surface area contributed by atoms with E-state index in [-0.39, 0.29) is 22.2 Å². The number of ether oxygens (including phenoxy) is 1. The molecule has 0 saturated carbocycles. The molecule has 0 aliphatic carbocycles. The Morgan fingerprint density at radius 2 is 2.04 bits per heavy atom. The number of benzene rings is 1. The van der Waals surface area contributed by atoms with Crippen molar-refractivity contribution in [3.63, 3.8) is 0 Å². The molecule has 0 unspecified atom stereocenters. The van der Waals surface area contributed by atoms with E-state index in [1.165, 1.54) is 48.7 Å². The van der Waals surface area contributed by atoms with Crippen LogP contribution in [0.15, 0.2) is 45.9 Å². The molecule has 0 bridgehead atoms. The van der Waals surface area contributed by atoms with Gasteiger partial charge in [-0.3, -0.25) is 0 Å². The maximum Gasteiger partial charge on any atom is 0.417 e. The van der Waals surface area contributed by atoms with Gasteiger partial charge in [0.15, 0.2) is 5.11 Å². The topological polar surface area (TPSA) is 64.0 Å². The number of hydrogen-bond donors (Lipinski definition) is 1. The average Bonchev–Trinajstić information content (AvgIpc) is 3.02. The summed E-state index contributed by atoms with van der Waals surface area (Å²) in [6.45, 7) is 0.698. The highest BCUT2D eigenvalue weighted by Crippen LogP contribution is 2.37. The Morgan fingerprint density at radius 1 is 1.32 bits per heavy atom. The van der Waals surface area contributed by atoms with Crippen LogP contribution in [0.5, 0.6) is 0 Å². The lowest BCUT2D eigenvalue weighted by Crippen LogP contribution is -2.33. The summed E-state index contributed by atoms with van der Waals surface area (Å²) in [4.78, 5) is 0. The minimum Gasteiger partial charge on any atom is -0.455 e. The number of halogens is 3. The second-order valence-corrected chi connectivity index (χ2v) is 5.36. The standard InChI is InChI=1S/C16H16F3N3O2S/c1-23-9-8-22(15(20)25)21-10-11-6-7-14(24-11)12-4-2-3-5-13(12)16(17,18)19/h2-7,10H,8-9H2,1H3,(H2,20,25). The first-order valence-electron chi connectivity index (χ1n) is 7.19. The van der Waals surface area contributed by atoms with Gasteiger partial charge in [0.25, 0.3) is 0 Å². The zero-order chi connectivity index (χ0) is 18.4. The van der Waals surface area contributed by atoms with Gasteiger partial charge in [-0.05, 0) is 30.4 Å². The van der Waals surface area contributed by atoms with Gasteiger partial charge in [0, 0.05) is 12.7 Å². The third-order valence-electron chi connectivity index (χ3n) is 3.21. The average molecular weight is 371 g/mol. The van der Waals surface area contributed by atoms with Crippen molar-refractivity contribution in [3.05, 3.63) is 47.7 Å². The van der Waals surface area contributed by atoms with Crippen molar-refractivity contribution in [1.29, 1.82) is 0 Å². The Morgan fingerprint density at radius 3 is 2.68 bits per heavy atom. The van der Waals surface area contributed by atoms with E-state index < -0.39 is 11.7 Å². The number of furan rings is 1. The summed E-state index contributed by atoms with van der Waals surface area (Å²) in [7, 11) is 1.53. The third-order valence-corrected chi connectivity index (χ3v) is 3.42. The van der Waals surface area contributed by atoms with Gasteiger partial charge in [0.1, 0.15) is 11.5 Å². The van der Waals surface area contributed by atoms with E-state index in [0.717, 1.165) is 6.07 Å². The monoisotopic (exact) mass is 371 g/mol. The van der Waals surface area contributed by atoms with Gasteiger partial charge in [-0.2, -0.15) is 18.3 Å². The van der Waals surface area contributed by atoms with Gasteiger partial charge < -0.3 is 14.9 Å². The summed E-state index contributed by atoms with van der Waals surface area (Å²) >= 11 is 4.86. The first-order valence-corrected chi connectivity index (χ1v) is 7.60. The van der Waals surface area contributed by atoms with Gasteiger partial charge in [0.05, 0.1) is 24.9 Å². The van der Waals surface area contributed by atoms with E-state index in [4.69, 9.17) is 27.1 Å². The Labute approximate surface area is 147 Å². The zero-order valence-corrected chi connectivity index (χ0v) is 14.1. The minimum atomic E-state index is -4.47. The number of rotatable bonds is 6. The molecule has 0 radical (unpaired) electrons. The maximum atomic E-state index is 13.1. The third kappa shape index (κ3) is 5.04. The van der Waals surface area contributed by atoms with Crippen molar-refractivity contribution in [3.8, 4) is 11.3 Å². The summed E-state index contributed by atoms with van der Waals surface area (Å²) in [6, 6.07) is 8.16. The first kappa shape index (κ1) is 18.9. The quantitative estimate of drug-likeness (QED) is 0.478. The second-order valence-electron chi connectivity index (χ2n) is 4.94. The molecule has 9 heteroatoms. The van der Waals surface area contributed by atoms with Crippen molar-refractivity contribution in [2.75, 3.05) is 20.3 Å². The van der Waals surface area contributed by atoms with Gasteiger partial charge >= 0.3 is 6.18 Å². The lowest BCUT2D eigenvalue weighted by atomic mass is 10.1. The number of hydrazone groups is 1. The molecule has 2 aromatic rings. The van der Waals surface area contributed by atoms with E-state index in [0.29, 0.717) is 13.2 Å². The molecule has 1 heterocycles. The Bertz CT molecular complexity index is 759. The van der Waals surface area contributed by atoms with Crippen LogP contribution in [0.1, 0.15) is 11.3 Å². The van der Waals surface area contributed by atoms with E-state index in [1.807, 2.05) is 0 Å². The van der Waals surface area contributed by atoms with Crippen LogP contribution < -0.4 is 5.73 Å². The fraction of sp³-hybridized carbons (Fsp3) is 0.250. The molecule has 5 nitrogen and oxygen atoms in total. The highest BCUT2D eigenvalue weighted by Gasteiger charge is 2.34. The van der Waals surface area contributed by atoms with Crippen LogP contribution in [0.3, 0.4) is 0 Å². The molecule has 0 amide bonds. The predicted octanol–water partition coefficient (Wildman–Crippen LogP) is 3.49. The van der Waals surface area contributed by atoms with Crippen LogP contribution in [-0.2, 0) is 10.9 Å². The van der Waals surface area contributed by atoms with Crippen molar-refractivity contribution in [1.82, 2.24) is 5.01 Å². The minimum absolute atomic E-state index is 0.0414. The van der Waals surface area contributed by atoms with E-state index in [1.54, 1.807) is 0 Å². The summed E-state index contributed by atoms with van der Waals surface area (Å²) < 4.78 is 49.6. The number of thiocarbonyl (C=S) groups is 1. The van der Waals surface area contributed by atoms with Crippen LogP contribution in [0.2, 0.25) is 0 Å². The molecule has 0 saturated heterocycles. The largest absolute Gasteiger partial charge is 0.455 e. The molecule has 25 heavy (non-hydrogen) atoms. The van der Waals surface area contributed by atoms with Crippen LogP contribution in [0.4, 0.5) is 13.2 Å². The Balaban J connectivity index is 2.23. The van der Waals surface area contributed by atoms with Crippen LogP contribution in [0.25, 0.3) is 11.3 Å². The van der Waals surface area contributed by atoms with Crippen LogP contribution in [0, 0.1) is 0 Å².